The van der Waals surface area contributed by atoms with Crippen molar-refractivity contribution in [3.63, 3.8) is 0 Å². The molecule has 0 aromatic heterocycles. The minimum Gasteiger partial charge on any atom is -0.490 e. The van der Waals surface area contributed by atoms with Crippen molar-refractivity contribution in [2.75, 3.05) is 13.2 Å². The normalized spacial score (nSPS) is 18.9. The standard InChI is InChI=1S/C19H22O4/c20-19(21)13-8-14-22-17-11-6-7-12-18(17)23-15-16-9-4-2-1-3-5-10-16/h2-7,9,11-12H,1,8,10,13-15H2,(H,20,21)/b4-2-,5-3-,16-9+. The van der Waals surface area contributed by atoms with E-state index in [2.05, 4.69) is 30.4 Å². The van der Waals surface area contributed by atoms with Crippen LogP contribution in [0.2, 0.25) is 0 Å². The Morgan fingerprint density at radius 2 is 1.87 bits per heavy atom. The first-order chi connectivity index (χ1) is 11.3. The van der Waals surface area contributed by atoms with Crippen molar-refractivity contribution < 1.29 is 19.4 Å². The first kappa shape index (κ1) is 16.9. The average Bonchev–Trinajstić information content (AvgIpc) is 2.51. The second-order valence-electron chi connectivity index (χ2n) is 5.25. The number of aliphatic carboxylic acids is 1. The highest BCUT2D eigenvalue weighted by Gasteiger charge is 2.06. The van der Waals surface area contributed by atoms with Gasteiger partial charge in [0.1, 0.15) is 6.61 Å². The van der Waals surface area contributed by atoms with Gasteiger partial charge in [0, 0.05) is 6.42 Å². The Balaban J connectivity index is 1.89. The molecule has 2 rings (SSSR count). The minimum absolute atomic E-state index is 0.106. The molecule has 0 fully saturated rings. The third-order valence-electron chi connectivity index (χ3n) is 3.34. The summed E-state index contributed by atoms with van der Waals surface area (Å²) in [6, 6.07) is 7.47. The molecule has 1 aromatic carbocycles. The summed E-state index contributed by atoms with van der Waals surface area (Å²) in [4.78, 5) is 10.5. The van der Waals surface area contributed by atoms with E-state index in [1.54, 1.807) is 0 Å². The number of para-hydroxylation sites is 2. The number of hydrogen-bond acceptors (Lipinski definition) is 3. The first-order valence-electron chi connectivity index (χ1n) is 7.81. The number of ether oxygens (including phenoxy) is 2. The van der Waals surface area contributed by atoms with E-state index in [1.807, 2.05) is 24.3 Å². The smallest absolute Gasteiger partial charge is 0.303 e. The van der Waals surface area contributed by atoms with E-state index in [1.165, 1.54) is 5.57 Å². The Morgan fingerprint density at radius 1 is 1.09 bits per heavy atom. The van der Waals surface area contributed by atoms with Gasteiger partial charge in [0.2, 0.25) is 0 Å². The van der Waals surface area contributed by atoms with E-state index < -0.39 is 5.97 Å². The molecule has 0 amide bonds. The van der Waals surface area contributed by atoms with Gasteiger partial charge in [-0.15, -0.1) is 0 Å². The van der Waals surface area contributed by atoms with E-state index in [0.29, 0.717) is 31.1 Å². The first-order valence-corrected chi connectivity index (χ1v) is 7.81. The van der Waals surface area contributed by atoms with Crippen molar-refractivity contribution in [3.05, 3.63) is 60.2 Å². The summed E-state index contributed by atoms with van der Waals surface area (Å²) in [6.45, 7) is 0.866. The maximum atomic E-state index is 10.5. The molecule has 0 radical (unpaired) electrons. The molecule has 1 aromatic rings. The van der Waals surface area contributed by atoms with E-state index >= 15 is 0 Å². The molecule has 0 heterocycles. The van der Waals surface area contributed by atoms with Crippen molar-refractivity contribution in [3.8, 4) is 11.5 Å². The molecule has 1 N–H and O–H groups in total. The zero-order chi connectivity index (χ0) is 16.3. The predicted octanol–water partition coefficient (Wildman–Crippen LogP) is 4.14. The van der Waals surface area contributed by atoms with Crippen LogP contribution in [-0.4, -0.2) is 24.3 Å². The zero-order valence-corrected chi connectivity index (χ0v) is 13.1. The van der Waals surface area contributed by atoms with Crippen molar-refractivity contribution in [2.45, 2.75) is 25.7 Å². The highest BCUT2D eigenvalue weighted by Crippen LogP contribution is 2.27. The Morgan fingerprint density at radius 3 is 2.65 bits per heavy atom. The number of carboxylic acids is 1. The molecular weight excluding hydrogens is 292 g/mol. The van der Waals surface area contributed by atoms with Gasteiger partial charge in [-0.3, -0.25) is 4.79 Å². The number of benzene rings is 1. The van der Waals surface area contributed by atoms with Gasteiger partial charge in [0.05, 0.1) is 6.61 Å². The second-order valence-corrected chi connectivity index (χ2v) is 5.25. The Kier molecular flexibility index (Phi) is 6.98. The van der Waals surface area contributed by atoms with Gasteiger partial charge in [-0.05, 0) is 37.0 Å². The SMILES string of the molecule is O=C(O)CCCOc1ccccc1OC/C1=C/C=C\C/C=C\C1. The lowest BCUT2D eigenvalue weighted by Gasteiger charge is -2.13. The largest absolute Gasteiger partial charge is 0.490 e. The number of carboxylic acid groups (broad SMARTS) is 1. The number of rotatable bonds is 8. The molecule has 4 heteroatoms. The third kappa shape index (κ3) is 6.43. The molecular formula is C19H22O4. The maximum Gasteiger partial charge on any atom is 0.303 e. The van der Waals surface area contributed by atoms with Crippen LogP contribution >= 0.6 is 0 Å². The molecule has 0 atom stereocenters. The minimum atomic E-state index is -0.810. The van der Waals surface area contributed by atoms with Crippen LogP contribution in [-0.2, 0) is 4.79 Å². The van der Waals surface area contributed by atoms with Crippen LogP contribution in [0, 0.1) is 0 Å². The van der Waals surface area contributed by atoms with Gasteiger partial charge in [0.25, 0.3) is 0 Å². The molecule has 122 valence electrons. The molecule has 1 aliphatic carbocycles. The van der Waals surface area contributed by atoms with Gasteiger partial charge < -0.3 is 14.6 Å². The molecule has 23 heavy (non-hydrogen) atoms. The van der Waals surface area contributed by atoms with Crippen molar-refractivity contribution >= 4 is 5.97 Å². The van der Waals surface area contributed by atoms with Gasteiger partial charge in [-0.2, -0.15) is 0 Å². The van der Waals surface area contributed by atoms with Crippen molar-refractivity contribution in [2.24, 2.45) is 0 Å². The van der Waals surface area contributed by atoms with Crippen LogP contribution in [0.25, 0.3) is 0 Å². The summed E-state index contributed by atoms with van der Waals surface area (Å²) in [7, 11) is 0. The summed E-state index contributed by atoms with van der Waals surface area (Å²) in [5.41, 5.74) is 1.19. The average molecular weight is 314 g/mol. The quantitative estimate of drug-likeness (QED) is 0.579. The maximum absolute atomic E-state index is 10.5. The van der Waals surface area contributed by atoms with Gasteiger partial charge >= 0.3 is 5.97 Å². The Bertz CT molecular complexity index is 599. The van der Waals surface area contributed by atoms with E-state index in [9.17, 15) is 4.79 Å². The molecule has 0 unspecified atom stereocenters. The van der Waals surface area contributed by atoms with Crippen LogP contribution in [0.5, 0.6) is 11.5 Å². The summed E-state index contributed by atoms with van der Waals surface area (Å²) in [6.07, 6.45) is 13.0. The molecule has 4 nitrogen and oxygen atoms in total. The number of allylic oxidation sites excluding steroid dienone is 5. The van der Waals surface area contributed by atoms with E-state index in [4.69, 9.17) is 14.6 Å². The molecule has 0 saturated carbocycles. The van der Waals surface area contributed by atoms with Crippen molar-refractivity contribution in [1.82, 2.24) is 0 Å². The lowest BCUT2D eigenvalue weighted by atomic mass is 10.1. The molecule has 0 aliphatic heterocycles. The van der Waals surface area contributed by atoms with Crippen LogP contribution in [0.15, 0.2) is 60.2 Å². The Labute approximate surface area is 136 Å². The lowest BCUT2D eigenvalue weighted by Crippen LogP contribution is -2.05. The van der Waals surface area contributed by atoms with E-state index in [-0.39, 0.29) is 6.42 Å². The summed E-state index contributed by atoms with van der Waals surface area (Å²) in [5.74, 6) is 0.518. The number of hydrogen-bond donors (Lipinski definition) is 1. The highest BCUT2D eigenvalue weighted by atomic mass is 16.5. The van der Waals surface area contributed by atoms with Crippen LogP contribution in [0.4, 0.5) is 0 Å². The van der Waals surface area contributed by atoms with Gasteiger partial charge in [-0.1, -0.05) is 42.5 Å². The van der Waals surface area contributed by atoms with Crippen LogP contribution < -0.4 is 9.47 Å². The monoisotopic (exact) mass is 314 g/mol. The van der Waals surface area contributed by atoms with Gasteiger partial charge in [-0.25, -0.2) is 0 Å². The topological polar surface area (TPSA) is 55.8 Å². The van der Waals surface area contributed by atoms with Gasteiger partial charge in [0.15, 0.2) is 11.5 Å². The summed E-state index contributed by atoms with van der Waals surface area (Å²) >= 11 is 0. The highest BCUT2D eigenvalue weighted by molar-refractivity contribution is 5.66. The fraction of sp³-hybridized carbons (Fsp3) is 0.316. The molecule has 0 spiro atoms. The zero-order valence-electron chi connectivity index (χ0n) is 13.1. The lowest BCUT2D eigenvalue weighted by molar-refractivity contribution is -0.137. The summed E-state index contributed by atoms with van der Waals surface area (Å²) in [5, 5.41) is 8.64. The predicted molar refractivity (Wildman–Crippen MR) is 89.9 cm³/mol. The van der Waals surface area contributed by atoms with E-state index in [0.717, 1.165) is 12.8 Å². The Hall–Kier alpha value is -2.49. The van der Waals surface area contributed by atoms with Crippen molar-refractivity contribution in [1.29, 1.82) is 0 Å². The van der Waals surface area contributed by atoms with Crippen LogP contribution in [0.1, 0.15) is 25.7 Å². The molecule has 0 saturated heterocycles. The third-order valence-corrected chi connectivity index (χ3v) is 3.34. The summed E-state index contributed by atoms with van der Waals surface area (Å²) < 4.78 is 11.5. The molecule has 1 aliphatic rings. The van der Waals surface area contributed by atoms with Crippen LogP contribution in [0.3, 0.4) is 0 Å². The number of carbonyl (C=O) groups is 1. The second kappa shape index (κ2) is 9.51. The fourth-order valence-electron chi connectivity index (χ4n) is 2.13. The molecule has 0 bridgehead atoms. The fourth-order valence-corrected chi connectivity index (χ4v) is 2.13.